The average molecular weight is 472 g/mol. The molecule has 0 atom stereocenters. The van der Waals surface area contributed by atoms with Crippen LogP contribution in [0.25, 0.3) is 22.2 Å². The Morgan fingerprint density at radius 2 is 2.03 bits per heavy atom. The topological polar surface area (TPSA) is 119 Å². The lowest BCUT2D eigenvalue weighted by Crippen LogP contribution is -2.49. The maximum Gasteiger partial charge on any atom is 0.236 e. The Bertz CT molecular complexity index is 1310. The highest BCUT2D eigenvalue weighted by Crippen LogP contribution is 2.30. The number of aromatic nitrogens is 3. The average Bonchev–Trinajstić information content (AvgIpc) is 3.30. The summed E-state index contributed by atoms with van der Waals surface area (Å²) < 4.78 is 1.69. The highest BCUT2D eigenvalue weighted by atomic mass is 16.2. The molecule has 1 aliphatic rings. The van der Waals surface area contributed by atoms with Gasteiger partial charge in [-0.05, 0) is 18.2 Å². The van der Waals surface area contributed by atoms with Crippen molar-refractivity contribution in [3.05, 3.63) is 54.1 Å². The number of carbonyl (C=O) groups excluding carboxylic acids is 1. The van der Waals surface area contributed by atoms with Gasteiger partial charge < -0.3 is 15.5 Å². The van der Waals surface area contributed by atoms with E-state index in [4.69, 9.17) is 10.7 Å². The normalized spacial score (nSPS) is 15.0. The summed E-state index contributed by atoms with van der Waals surface area (Å²) in [6.45, 7) is 3.65. The smallest absolute Gasteiger partial charge is 0.236 e. The summed E-state index contributed by atoms with van der Waals surface area (Å²) >= 11 is 0. The monoisotopic (exact) mass is 471 g/mol. The molecule has 4 heterocycles. The number of pyridine rings is 2. The van der Waals surface area contributed by atoms with Crippen LogP contribution in [0.1, 0.15) is 11.1 Å². The molecule has 180 valence electrons. The molecule has 1 saturated heterocycles. The molecule has 35 heavy (non-hydrogen) atoms. The lowest BCUT2D eigenvalue weighted by atomic mass is 10.0. The van der Waals surface area contributed by atoms with E-state index in [1.54, 1.807) is 43.0 Å². The summed E-state index contributed by atoms with van der Waals surface area (Å²) in [4.78, 5) is 26.8. The van der Waals surface area contributed by atoms with Crippen molar-refractivity contribution in [2.45, 2.75) is 0 Å². The third kappa shape index (κ3) is 5.00. The maximum absolute atomic E-state index is 12.0. The minimum Gasteiger partial charge on any atom is -0.404 e. The Labute approximate surface area is 204 Å². The van der Waals surface area contributed by atoms with Gasteiger partial charge in [0.15, 0.2) is 0 Å². The predicted octanol–water partition coefficient (Wildman–Crippen LogP) is 1.48. The quantitative estimate of drug-likeness (QED) is 0.541. The molecule has 0 saturated carbocycles. The molecule has 0 radical (unpaired) electrons. The standard InChI is InChI=1S/C25H29N9O/c1-28-13-20(11-26)19-10-22(25-21(12-27)15-30-34(25)16-19)18-4-5-23(29-14-18)33-8-6-32(7-9-33)17-24(35)31(2)3/h4-5,10-11,13-16H,6-9,17,26H2,1-3H3. The van der Waals surface area contributed by atoms with Crippen molar-refractivity contribution in [2.75, 3.05) is 58.8 Å². The van der Waals surface area contributed by atoms with Crippen LogP contribution in [-0.2, 0) is 4.79 Å². The first-order valence-electron chi connectivity index (χ1n) is 11.3. The second-order valence-corrected chi connectivity index (χ2v) is 8.57. The van der Waals surface area contributed by atoms with Crippen molar-refractivity contribution in [1.29, 1.82) is 5.26 Å². The molecule has 1 fully saturated rings. The summed E-state index contributed by atoms with van der Waals surface area (Å²) in [5.74, 6) is 0.998. The molecule has 10 heteroatoms. The van der Waals surface area contributed by atoms with E-state index in [0.717, 1.165) is 59.8 Å². The Morgan fingerprint density at radius 3 is 2.63 bits per heavy atom. The lowest BCUT2D eigenvalue weighted by Gasteiger charge is -2.35. The molecule has 2 N–H and O–H groups in total. The molecular weight excluding hydrogens is 442 g/mol. The van der Waals surface area contributed by atoms with Crippen LogP contribution in [0.2, 0.25) is 0 Å². The number of piperazine rings is 1. The zero-order chi connectivity index (χ0) is 24.9. The van der Waals surface area contributed by atoms with Gasteiger partial charge in [0, 0.05) is 94.4 Å². The molecule has 3 aromatic rings. The van der Waals surface area contributed by atoms with Crippen LogP contribution in [0.5, 0.6) is 0 Å². The molecule has 0 spiro atoms. The van der Waals surface area contributed by atoms with Crippen LogP contribution in [0.15, 0.2) is 48.0 Å². The molecule has 3 aromatic heterocycles. The number of nitriles is 1. The number of anilines is 1. The second-order valence-electron chi connectivity index (χ2n) is 8.57. The number of allylic oxidation sites excluding steroid dienone is 1. The van der Waals surface area contributed by atoms with Gasteiger partial charge in [0.25, 0.3) is 0 Å². The fraction of sp³-hybridized carbons (Fsp3) is 0.320. The molecule has 1 amide bonds. The lowest BCUT2D eigenvalue weighted by molar-refractivity contribution is -0.129. The van der Waals surface area contributed by atoms with Gasteiger partial charge in [0.2, 0.25) is 5.91 Å². The highest BCUT2D eigenvalue weighted by Gasteiger charge is 2.21. The fourth-order valence-electron chi connectivity index (χ4n) is 4.13. The first kappa shape index (κ1) is 23.9. The number of carbonyl (C=O) groups is 1. The summed E-state index contributed by atoms with van der Waals surface area (Å²) in [5, 5.41) is 14.0. The van der Waals surface area contributed by atoms with Crippen LogP contribution >= 0.6 is 0 Å². The van der Waals surface area contributed by atoms with Crippen molar-refractivity contribution in [3.8, 4) is 17.2 Å². The van der Waals surface area contributed by atoms with Gasteiger partial charge in [0.05, 0.1) is 23.8 Å². The van der Waals surface area contributed by atoms with E-state index in [0.29, 0.717) is 12.1 Å². The van der Waals surface area contributed by atoms with Crippen LogP contribution in [-0.4, -0.2) is 90.4 Å². The van der Waals surface area contributed by atoms with Crippen LogP contribution in [0.4, 0.5) is 5.82 Å². The Hall–Kier alpha value is -4.23. The Balaban J connectivity index is 1.60. The molecule has 1 aliphatic heterocycles. The SMILES string of the molecule is CN=CC(=CN)c1cc(-c2ccc(N3CCN(CC(=O)N(C)C)CC3)nc2)c2c(C#N)cnn2c1. The van der Waals surface area contributed by atoms with Gasteiger partial charge in [-0.3, -0.25) is 14.7 Å². The number of rotatable bonds is 6. The number of nitrogens with zero attached hydrogens (tertiary/aromatic N) is 8. The second kappa shape index (κ2) is 10.4. The van der Waals surface area contributed by atoms with Crippen molar-refractivity contribution in [1.82, 2.24) is 24.4 Å². The summed E-state index contributed by atoms with van der Waals surface area (Å²) in [5.41, 5.74) is 10.3. The molecule has 0 bridgehead atoms. The number of amides is 1. The van der Waals surface area contributed by atoms with E-state index >= 15 is 0 Å². The van der Waals surface area contributed by atoms with Gasteiger partial charge in [0.1, 0.15) is 11.9 Å². The number of hydrogen-bond acceptors (Lipinski definition) is 8. The third-order valence-corrected chi connectivity index (χ3v) is 6.13. The maximum atomic E-state index is 12.0. The minimum absolute atomic E-state index is 0.115. The van der Waals surface area contributed by atoms with Crippen molar-refractivity contribution < 1.29 is 4.79 Å². The van der Waals surface area contributed by atoms with Gasteiger partial charge in [-0.1, -0.05) is 0 Å². The number of aliphatic imine (C=N–C) groups is 1. The Kier molecular flexibility index (Phi) is 7.08. The van der Waals surface area contributed by atoms with E-state index in [2.05, 4.69) is 26.0 Å². The number of nitrogens with two attached hydrogens (primary N) is 1. The Morgan fingerprint density at radius 1 is 1.26 bits per heavy atom. The zero-order valence-corrected chi connectivity index (χ0v) is 20.2. The highest BCUT2D eigenvalue weighted by molar-refractivity contribution is 6.10. The van der Waals surface area contributed by atoms with Gasteiger partial charge in [-0.2, -0.15) is 10.4 Å². The fourth-order valence-corrected chi connectivity index (χ4v) is 4.13. The summed E-state index contributed by atoms with van der Waals surface area (Å²) in [6.07, 6.45) is 8.41. The number of hydrogen-bond donors (Lipinski definition) is 1. The first-order chi connectivity index (χ1) is 16.9. The van der Waals surface area contributed by atoms with Gasteiger partial charge in [-0.25, -0.2) is 9.50 Å². The van der Waals surface area contributed by atoms with E-state index in [1.165, 1.54) is 6.20 Å². The molecular formula is C25H29N9O. The molecule has 0 aromatic carbocycles. The van der Waals surface area contributed by atoms with Crippen molar-refractivity contribution in [3.63, 3.8) is 0 Å². The largest absolute Gasteiger partial charge is 0.404 e. The van der Waals surface area contributed by atoms with E-state index < -0.39 is 0 Å². The van der Waals surface area contributed by atoms with Gasteiger partial charge >= 0.3 is 0 Å². The minimum atomic E-state index is 0.115. The molecule has 0 unspecified atom stereocenters. The van der Waals surface area contributed by atoms with E-state index in [1.807, 2.05) is 30.6 Å². The molecule has 0 aliphatic carbocycles. The first-order valence-corrected chi connectivity index (χ1v) is 11.3. The van der Waals surface area contributed by atoms with Crippen LogP contribution in [0, 0.1) is 11.3 Å². The van der Waals surface area contributed by atoms with Gasteiger partial charge in [-0.15, -0.1) is 0 Å². The van der Waals surface area contributed by atoms with Crippen molar-refractivity contribution in [2.24, 2.45) is 10.7 Å². The van der Waals surface area contributed by atoms with E-state index in [9.17, 15) is 10.1 Å². The molecule has 4 rings (SSSR count). The summed E-state index contributed by atoms with van der Waals surface area (Å²) in [6, 6.07) is 8.21. The molecule has 10 nitrogen and oxygen atoms in total. The number of fused-ring (bicyclic) bond motifs is 1. The zero-order valence-electron chi connectivity index (χ0n) is 20.2. The third-order valence-electron chi connectivity index (χ3n) is 6.13. The van der Waals surface area contributed by atoms with Crippen LogP contribution < -0.4 is 10.6 Å². The van der Waals surface area contributed by atoms with Crippen LogP contribution in [0.3, 0.4) is 0 Å². The summed E-state index contributed by atoms with van der Waals surface area (Å²) in [7, 11) is 5.25. The van der Waals surface area contributed by atoms with E-state index in [-0.39, 0.29) is 5.91 Å². The van der Waals surface area contributed by atoms with Crippen molar-refractivity contribution >= 4 is 29.0 Å². The predicted molar refractivity (Wildman–Crippen MR) is 137 cm³/mol. The number of likely N-dealkylation sites (N-methyl/N-ethyl adjacent to an activating group) is 1.